The van der Waals surface area contributed by atoms with E-state index in [2.05, 4.69) is 28.4 Å². The van der Waals surface area contributed by atoms with E-state index in [-0.39, 0.29) is 0 Å². The van der Waals surface area contributed by atoms with Crippen molar-refractivity contribution in [1.82, 2.24) is 19.7 Å². The number of nitrogens with zero attached hydrogens (tertiary/aromatic N) is 4. The van der Waals surface area contributed by atoms with Gasteiger partial charge in [0.1, 0.15) is 11.5 Å². The molecule has 1 aliphatic heterocycles. The zero-order chi connectivity index (χ0) is 22.6. The number of rotatable bonds is 7. The fourth-order valence-corrected chi connectivity index (χ4v) is 4.30. The quantitative estimate of drug-likeness (QED) is 0.417. The molecule has 0 saturated carbocycles. The number of benzene rings is 2. The summed E-state index contributed by atoms with van der Waals surface area (Å²) in [4.78, 5) is 9.52. The van der Waals surface area contributed by atoms with E-state index in [1.807, 2.05) is 41.3 Å². The number of aromatic nitrogens is 4. The first kappa shape index (κ1) is 21.4. The molecule has 0 radical (unpaired) electrons. The Kier molecular flexibility index (Phi) is 6.21. The van der Waals surface area contributed by atoms with Crippen LogP contribution < -0.4 is 9.47 Å². The number of fused-ring (bicyclic) bond motifs is 1. The van der Waals surface area contributed by atoms with E-state index < -0.39 is 0 Å². The van der Waals surface area contributed by atoms with E-state index in [4.69, 9.17) is 19.2 Å². The maximum Gasteiger partial charge on any atom is 0.122 e. The summed E-state index contributed by atoms with van der Waals surface area (Å²) in [6.45, 7) is 2.61. The monoisotopic (exact) mass is 444 g/mol. The fraction of sp³-hybridized carbons (Fsp3) is 0.346. The molecule has 0 unspecified atom stereocenters. The van der Waals surface area contributed by atoms with Gasteiger partial charge in [-0.05, 0) is 60.6 Å². The van der Waals surface area contributed by atoms with Crippen LogP contribution in [0.2, 0.25) is 0 Å². The second-order valence-corrected chi connectivity index (χ2v) is 8.48. The van der Waals surface area contributed by atoms with Crippen LogP contribution in [0.5, 0.6) is 11.5 Å². The van der Waals surface area contributed by atoms with Gasteiger partial charge in [-0.2, -0.15) is 5.10 Å². The van der Waals surface area contributed by atoms with Crippen LogP contribution in [0.25, 0.3) is 22.3 Å². The lowest BCUT2D eigenvalue weighted by Gasteiger charge is -2.21. The summed E-state index contributed by atoms with van der Waals surface area (Å²) in [5.41, 5.74) is 5.83. The summed E-state index contributed by atoms with van der Waals surface area (Å²) < 4.78 is 18.3. The van der Waals surface area contributed by atoms with Gasteiger partial charge in [0.25, 0.3) is 0 Å². The van der Waals surface area contributed by atoms with E-state index in [1.165, 1.54) is 0 Å². The zero-order valence-electron chi connectivity index (χ0n) is 19.0. The molecule has 0 N–H and O–H groups in total. The third-order valence-corrected chi connectivity index (χ3v) is 6.14. The Balaban J connectivity index is 1.37. The Morgan fingerprint density at radius 1 is 0.939 bits per heavy atom. The van der Waals surface area contributed by atoms with Crippen LogP contribution in [-0.4, -0.2) is 47.2 Å². The van der Waals surface area contributed by atoms with E-state index in [0.29, 0.717) is 5.92 Å². The molecule has 170 valence electrons. The highest BCUT2D eigenvalue weighted by atomic mass is 16.5. The standard InChI is InChI=1S/C26H28N4O3/c1-31-22-10-20(11-23(13-22)32-2)9-19-3-4-24-25(12-19)29-26(15-27-24)21-14-28-30(17-21)16-18-5-7-33-8-6-18/h3-4,10-15,17-18H,5-9,16H2,1-2H3. The van der Waals surface area contributed by atoms with E-state index >= 15 is 0 Å². The minimum atomic E-state index is 0.618. The molecule has 1 saturated heterocycles. The molecule has 1 aliphatic rings. The highest BCUT2D eigenvalue weighted by molar-refractivity contribution is 5.77. The van der Waals surface area contributed by atoms with Crippen molar-refractivity contribution in [2.24, 2.45) is 5.92 Å². The molecule has 0 amide bonds. The lowest BCUT2D eigenvalue weighted by molar-refractivity contribution is 0.0601. The van der Waals surface area contributed by atoms with Gasteiger partial charge in [0, 0.05) is 37.6 Å². The third-order valence-electron chi connectivity index (χ3n) is 6.14. The van der Waals surface area contributed by atoms with Crippen molar-refractivity contribution in [3.05, 3.63) is 66.1 Å². The van der Waals surface area contributed by atoms with Crippen molar-refractivity contribution in [2.45, 2.75) is 25.8 Å². The van der Waals surface area contributed by atoms with Crippen molar-refractivity contribution in [3.8, 4) is 22.8 Å². The molecule has 7 heteroatoms. The van der Waals surface area contributed by atoms with E-state index in [1.54, 1.807) is 14.2 Å². The third kappa shape index (κ3) is 4.98. The normalized spacial score (nSPS) is 14.5. The van der Waals surface area contributed by atoms with Gasteiger partial charge in [0.2, 0.25) is 0 Å². The molecule has 4 aromatic rings. The summed E-state index contributed by atoms with van der Waals surface area (Å²) in [6.07, 6.45) is 8.70. The number of ether oxygens (including phenoxy) is 3. The maximum atomic E-state index is 5.46. The molecule has 0 bridgehead atoms. The summed E-state index contributed by atoms with van der Waals surface area (Å²) >= 11 is 0. The Morgan fingerprint density at radius 2 is 1.73 bits per heavy atom. The van der Waals surface area contributed by atoms with Gasteiger partial charge in [-0.25, -0.2) is 4.98 Å². The van der Waals surface area contributed by atoms with Gasteiger partial charge < -0.3 is 14.2 Å². The summed E-state index contributed by atoms with van der Waals surface area (Å²) in [6, 6.07) is 12.2. The molecule has 1 fully saturated rings. The van der Waals surface area contributed by atoms with Crippen molar-refractivity contribution in [3.63, 3.8) is 0 Å². The number of hydrogen-bond acceptors (Lipinski definition) is 6. The van der Waals surface area contributed by atoms with Crippen LogP contribution in [0.3, 0.4) is 0 Å². The fourth-order valence-electron chi connectivity index (χ4n) is 4.30. The van der Waals surface area contributed by atoms with Crippen LogP contribution in [0.4, 0.5) is 0 Å². The predicted molar refractivity (Wildman–Crippen MR) is 127 cm³/mol. The summed E-state index contributed by atoms with van der Waals surface area (Å²) in [7, 11) is 3.33. The van der Waals surface area contributed by atoms with Crippen molar-refractivity contribution >= 4 is 11.0 Å². The molecule has 3 heterocycles. The van der Waals surface area contributed by atoms with Crippen molar-refractivity contribution in [2.75, 3.05) is 27.4 Å². The minimum Gasteiger partial charge on any atom is -0.497 e. The topological polar surface area (TPSA) is 71.3 Å². The molecular formula is C26H28N4O3. The molecule has 33 heavy (non-hydrogen) atoms. The average Bonchev–Trinajstić information content (AvgIpc) is 3.32. The molecule has 0 atom stereocenters. The largest absolute Gasteiger partial charge is 0.497 e. The van der Waals surface area contributed by atoms with Crippen LogP contribution in [0, 0.1) is 5.92 Å². The van der Waals surface area contributed by atoms with Gasteiger partial charge in [0.05, 0.1) is 43.3 Å². The lowest BCUT2D eigenvalue weighted by atomic mass is 10.0. The van der Waals surface area contributed by atoms with Gasteiger partial charge in [-0.1, -0.05) is 6.07 Å². The number of methoxy groups -OCH3 is 2. The van der Waals surface area contributed by atoms with Crippen molar-refractivity contribution < 1.29 is 14.2 Å². The lowest BCUT2D eigenvalue weighted by Crippen LogP contribution is -2.20. The smallest absolute Gasteiger partial charge is 0.122 e. The van der Waals surface area contributed by atoms with Crippen LogP contribution >= 0.6 is 0 Å². The SMILES string of the molecule is COc1cc(Cc2ccc3ncc(-c4cnn(CC5CCOCC5)c4)nc3c2)cc(OC)c1. The second kappa shape index (κ2) is 9.58. The second-order valence-electron chi connectivity index (χ2n) is 8.48. The molecule has 0 spiro atoms. The molecule has 7 nitrogen and oxygen atoms in total. The van der Waals surface area contributed by atoms with E-state index in [0.717, 1.165) is 83.9 Å². The maximum absolute atomic E-state index is 5.46. The van der Waals surface area contributed by atoms with Gasteiger partial charge in [-0.3, -0.25) is 9.67 Å². The molecule has 0 aliphatic carbocycles. The first-order chi connectivity index (χ1) is 16.2. The Morgan fingerprint density at radius 3 is 2.48 bits per heavy atom. The highest BCUT2D eigenvalue weighted by Crippen LogP contribution is 2.26. The Hall–Kier alpha value is -3.45. The first-order valence-electron chi connectivity index (χ1n) is 11.3. The average molecular weight is 445 g/mol. The van der Waals surface area contributed by atoms with E-state index in [9.17, 15) is 0 Å². The zero-order valence-corrected chi connectivity index (χ0v) is 19.0. The van der Waals surface area contributed by atoms with Crippen LogP contribution in [-0.2, 0) is 17.7 Å². The summed E-state index contributed by atoms with van der Waals surface area (Å²) in [5.74, 6) is 2.18. The van der Waals surface area contributed by atoms with Gasteiger partial charge in [-0.15, -0.1) is 0 Å². The molecule has 5 rings (SSSR count). The van der Waals surface area contributed by atoms with Crippen LogP contribution in [0.1, 0.15) is 24.0 Å². The Bertz CT molecular complexity index is 1230. The van der Waals surface area contributed by atoms with Crippen molar-refractivity contribution in [1.29, 1.82) is 0 Å². The predicted octanol–water partition coefficient (Wildman–Crippen LogP) is 4.53. The molecule has 2 aromatic carbocycles. The molecule has 2 aromatic heterocycles. The Labute approximate surface area is 193 Å². The number of hydrogen-bond donors (Lipinski definition) is 0. The minimum absolute atomic E-state index is 0.618. The van der Waals surface area contributed by atoms with Gasteiger partial charge in [0.15, 0.2) is 0 Å². The highest BCUT2D eigenvalue weighted by Gasteiger charge is 2.15. The van der Waals surface area contributed by atoms with Gasteiger partial charge >= 0.3 is 0 Å². The summed E-state index contributed by atoms with van der Waals surface area (Å²) in [5, 5.41) is 4.56. The molecular weight excluding hydrogens is 416 g/mol. The first-order valence-corrected chi connectivity index (χ1v) is 11.3. The van der Waals surface area contributed by atoms with Crippen LogP contribution in [0.15, 0.2) is 55.0 Å².